The Labute approximate surface area is 116 Å². The normalized spacial score (nSPS) is 10.8. The minimum absolute atomic E-state index is 0.0761. The second-order valence-corrected chi connectivity index (χ2v) is 5.25. The van der Waals surface area contributed by atoms with E-state index in [0.29, 0.717) is 18.9 Å². The Morgan fingerprint density at radius 2 is 1.79 bits per heavy atom. The average molecular weight is 272 g/mol. The van der Waals surface area contributed by atoms with Crippen molar-refractivity contribution in [1.29, 1.82) is 0 Å². The summed E-state index contributed by atoms with van der Waals surface area (Å²) in [4.78, 5) is 24.4. The number of rotatable bonds is 9. The lowest BCUT2D eigenvalue weighted by Crippen LogP contribution is -2.47. The first-order valence-corrected chi connectivity index (χ1v) is 7.18. The third-order valence-corrected chi connectivity index (χ3v) is 3.05. The highest BCUT2D eigenvalue weighted by Gasteiger charge is 2.21. The Morgan fingerprint density at radius 1 is 1.21 bits per heavy atom. The average Bonchev–Trinajstić information content (AvgIpc) is 2.34. The lowest BCUT2D eigenvalue weighted by Gasteiger charge is -2.32. The lowest BCUT2D eigenvalue weighted by atomic mass is 10.1. The van der Waals surface area contributed by atoms with Gasteiger partial charge in [-0.2, -0.15) is 0 Å². The van der Waals surface area contributed by atoms with E-state index in [4.69, 9.17) is 5.11 Å². The van der Waals surface area contributed by atoms with Crippen LogP contribution >= 0.6 is 0 Å². The number of carboxylic acid groups (broad SMARTS) is 1. The van der Waals surface area contributed by atoms with E-state index in [1.165, 1.54) is 0 Å². The van der Waals surface area contributed by atoms with Gasteiger partial charge in [0.25, 0.3) is 0 Å². The molecule has 0 rings (SSSR count). The molecule has 0 radical (unpaired) electrons. The first-order chi connectivity index (χ1) is 8.92. The SMILES string of the molecule is CCC(CC)N(CC(C)C)C(=O)NCCCC(=O)O. The second kappa shape index (κ2) is 9.64. The number of urea groups is 1. The first kappa shape index (κ1) is 17.7. The van der Waals surface area contributed by atoms with Crippen LogP contribution in [0.5, 0.6) is 0 Å². The van der Waals surface area contributed by atoms with E-state index < -0.39 is 5.97 Å². The minimum Gasteiger partial charge on any atom is -0.481 e. The predicted molar refractivity (Wildman–Crippen MR) is 76.2 cm³/mol. The molecule has 19 heavy (non-hydrogen) atoms. The molecular weight excluding hydrogens is 244 g/mol. The van der Waals surface area contributed by atoms with Crippen molar-refractivity contribution in [3.05, 3.63) is 0 Å². The van der Waals surface area contributed by atoms with E-state index in [2.05, 4.69) is 33.0 Å². The molecule has 0 aliphatic carbocycles. The first-order valence-electron chi connectivity index (χ1n) is 7.18. The fourth-order valence-electron chi connectivity index (χ4n) is 2.06. The molecule has 2 amide bonds. The number of amides is 2. The van der Waals surface area contributed by atoms with Crippen LogP contribution in [0.25, 0.3) is 0 Å². The van der Waals surface area contributed by atoms with Gasteiger partial charge < -0.3 is 15.3 Å². The topological polar surface area (TPSA) is 69.6 Å². The number of carbonyl (C=O) groups excluding carboxylic acids is 1. The van der Waals surface area contributed by atoms with Crippen LogP contribution in [0.2, 0.25) is 0 Å². The third-order valence-electron chi connectivity index (χ3n) is 3.05. The standard InChI is InChI=1S/C14H28N2O3/c1-5-12(6-2)16(10-11(3)4)14(19)15-9-7-8-13(17)18/h11-12H,5-10H2,1-4H3,(H,15,19)(H,17,18). The van der Waals surface area contributed by atoms with Crippen LogP contribution < -0.4 is 5.32 Å². The summed E-state index contributed by atoms with van der Waals surface area (Å²) in [7, 11) is 0. The maximum absolute atomic E-state index is 12.2. The molecule has 5 heteroatoms. The number of carbonyl (C=O) groups is 2. The van der Waals surface area contributed by atoms with Crippen molar-refractivity contribution in [2.75, 3.05) is 13.1 Å². The Morgan fingerprint density at radius 3 is 2.21 bits per heavy atom. The molecule has 0 atom stereocenters. The molecule has 0 aromatic heterocycles. The molecule has 0 aromatic rings. The molecule has 0 saturated carbocycles. The van der Waals surface area contributed by atoms with Gasteiger partial charge in [-0.05, 0) is 25.2 Å². The largest absolute Gasteiger partial charge is 0.481 e. The van der Waals surface area contributed by atoms with Crippen molar-refractivity contribution < 1.29 is 14.7 Å². The van der Waals surface area contributed by atoms with Crippen LogP contribution in [-0.2, 0) is 4.79 Å². The maximum Gasteiger partial charge on any atom is 0.317 e. The summed E-state index contributed by atoms with van der Waals surface area (Å²) in [5, 5.41) is 11.4. The fraction of sp³-hybridized carbons (Fsp3) is 0.857. The minimum atomic E-state index is -0.826. The quantitative estimate of drug-likeness (QED) is 0.634. The fourth-order valence-corrected chi connectivity index (χ4v) is 2.06. The molecule has 0 bridgehead atoms. The molecule has 0 spiro atoms. The molecule has 0 aliphatic heterocycles. The van der Waals surface area contributed by atoms with Gasteiger partial charge >= 0.3 is 12.0 Å². The zero-order valence-electron chi connectivity index (χ0n) is 12.6. The van der Waals surface area contributed by atoms with E-state index in [0.717, 1.165) is 19.4 Å². The summed E-state index contributed by atoms with van der Waals surface area (Å²) < 4.78 is 0. The van der Waals surface area contributed by atoms with E-state index in [9.17, 15) is 9.59 Å². The van der Waals surface area contributed by atoms with Gasteiger partial charge in [0.2, 0.25) is 0 Å². The predicted octanol–water partition coefficient (Wildman–Crippen LogP) is 2.71. The molecule has 0 aromatic carbocycles. The van der Waals surface area contributed by atoms with Crippen LogP contribution in [0.15, 0.2) is 0 Å². The van der Waals surface area contributed by atoms with Crippen molar-refractivity contribution in [2.45, 2.75) is 59.4 Å². The Kier molecular flexibility index (Phi) is 9.00. The molecule has 0 aliphatic rings. The van der Waals surface area contributed by atoms with E-state index in [1.54, 1.807) is 0 Å². The summed E-state index contributed by atoms with van der Waals surface area (Å²) in [6.07, 6.45) is 2.44. The van der Waals surface area contributed by atoms with Crippen LogP contribution in [0.1, 0.15) is 53.4 Å². The highest BCUT2D eigenvalue weighted by Crippen LogP contribution is 2.11. The van der Waals surface area contributed by atoms with Crippen LogP contribution in [0.4, 0.5) is 4.79 Å². The van der Waals surface area contributed by atoms with Gasteiger partial charge in [-0.25, -0.2) is 4.79 Å². The van der Waals surface area contributed by atoms with Crippen LogP contribution in [0.3, 0.4) is 0 Å². The van der Waals surface area contributed by atoms with Crippen LogP contribution in [0, 0.1) is 5.92 Å². The number of nitrogens with one attached hydrogen (secondary N) is 1. The van der Waals surface area contributed by atoms with Gasteiger partial charge in [-0.1, -0.05) is 27.7 Å². The van der Waals surface area contributed by atoms with Crippen molar-refractivity contribution >= 4 is 12.0 Å². The maximum atomic E-state index is 12.2. The molecule has 0 saturated heterocycles. The number of aliphatic carboxylic acids is 1. The molecular formula is C14H28N2O3. The number of carboxylic acids is 1. The van der Waals surface area contributed by atoms with Crippen molar-refractivity contribution in [2.24, 2.45) is 5.92 Å². The molecule has 0 heterocycles. The van der Waals surface area contributed by atoms with E-state index in [1.807, 2.05) is 4.90 Å². The van der Waals surface area contributed by atoms with Gasteiger partial charge in [0.05, 0.1) is 0 Å². The summed E-state index contributed by atoms with van der Waals surface area (Å²) in [6.45, 7) is 9.50. The third kappa shape index (κ3) is 7.70. The van der Waals surface area contributed by atoms with Crippen molar-refractivity contribution in [3.8, 4) is 0 Å². The van der Waals surface area contributed by atoms with Gasteiger partial charge in [0, 0.05) is 25.6 Å². The molecule has 0 fully saturated rings. The number of hydrogen-bond acceptors (Lipinski definition) is 2. The molecule has 0 unspecified atom stereocenters. The van der Waals surface area contributed by atoms with Gasteiger partial charge in [-0.15, -0.1) is 0 Å². The van der Waals surface area contributed by atoms with Crippen molar-refractivity contribution in [1.82, 2.24) is 10.2 Å². The van der Waals surface area contributed by atoms with Gasteiger partial charge in [0.1, 0.15) is 0 Å². The van der Waals surface area contributed by atoms with Crippen LogP contribution in [-0.4, -0.2) is 41.1 Å². The summed E-state index contributed by atoms with van der Waals surface area (Å²) >= 11 is 0. The lowest BCUT2D eigenvalue weighted by molar-refractivity contribution is -0.137. The Balaban J connectivity index is 4.33. The Hall–Kier alpha value is -1.26. The summed E-state index contributed by atoms with van der Waals surface area (Å²) in [5.74, 6) is -0.404. The number of nitrogens with zero attached hydrogens (tertiary/aromatic N) is 1. The Bertz CT molecular complexity index is 276. The van der Waals surface area contributed by atoms with Gasteiger partial charge in [0.15, 0.2) is 0 Å². The monoisotopic (exact) mass is 272 g/mol. The van der Waals surface area contributed by atoms with E-state index >= 15 is 0 Å². The molecule has 5 nitrogen and oxygen atoms in total. The van der Waals surface area contributed by atoms with Crippen molar-refractivity contribution in [3.63, 3.8) is 0 Å². The second-order valence-electron chi connectivity index (χ2n) is 5.25. The zero-order chi connectivity index (χ0) is 14.8. The molecule has 2 N–H and O–H groups in total. The zero-order valence-corrected chi connectivity index (χ0v) is 12.6. The summed E-state index contributed by atoms with van der Waals surface area (Å²) in [6, 6.07) is 0.176. The molecule has 112 valence electrons. The highest BCUT2D eigenvalue weighted by atomic mass is 16.4. The van der Waals surface area contributed by atoms with Gasteiger partial charge in [-0.3, -0.25) is 4.79 Å². The number of hydrogen-bond donors (Lipinski definition) is 2. The smallest absolute Gasteiger partial charge is 0.317 e. The highest BCUT2D eigenvalue weighted by molar-refractivity contribution is 5.74. The summed E-state index contributed by atoms with van der Waals surface area (Å²) in [5.41, 5.74) is 0. The van der Waals surface area contributed by atoms with E-state index in [-0.39, 0.29) is 18.5 Å².